The minimum absolute atomic E-state index is 0. The molecule has 1 amide bonds. The maximum absolute atomic E-state index is 11.9. The molecule has 7 nitrogen and oxygen atoms in total. The van der Waals surface area contributed by atoms with Gasteiger partial charge in [0.1, 0.15) is 5.60 Å². The van der Waals surface area contributed by atoms with Gasteiger partial charge in [-0.15, -0.1) is 24.0 Å². The number of ether oxygens (including phenoxy) is 1. The first kappa shape index (κ1) is 22.3. The fourth-order valence-corrected chi connectivity index (χ4v) is 3.32. The summed E-state index contributed by atoms with van der Waals surface area (Å²) in [6.07, 6.45) is 3.07. The largest absolute Gasteiger partial charge is 0.444 e. The predicted octanol–water partition coefficient (Wildman–Crippen LogP) is 1.87. The maximum atomic E-state index is 11.9. The minimum Gasteiger partial charge on any atom is -0.444 e. The summed E-state index contributed by atoms with van der Waals surface area (Å²) in [6, 6.07) is 0.688. The van der Waals surface area contributed by atoms with Crippen LogP contribution in [0.3, 0.4) is 0 Å². The van der Waals surface area contributed by atoms with Crippen LogP contribution in [0.1, 0.15) is 40.0 Å². The third kappa shape index (κ3) is 7.16. The molecule has 2 aliphatic heterocycles. The van der Waals surface area contributed by atoms with Gasteiger partial charge in [0.15, 0.2) is 5.96 Å². The van der Waals surface area contributed by atoms with Crippen molar-refractivity contribution >= 4 is 36.0 Å². The number of nitrogens with zero attached hydrogens (tertiary/aromatic N) is 3. The number of likely N-dealkylation sites (N-methyl/N-ethyl adjacent to an activating group) is 1. The van der Waals surface area contributed by atoms with E-state index in [1.54, 1.807) is 0 Å². The van der Waals surface area contributed by atoms with Crippen molar-refractivity contribution in [3.63, 3.8) is 0 Å². The molecule has 8 heteroatoms. The van der Waals surface area contributed by atoms with Gasteiger partial charge < -0.3 is 25.2 Å². The zero-order valence-electron chi connectivity index (χ0n) is 16.2. The molecule has 0 aromatic carbocycles. The number of hydrogen-bond acceptors (Lipinski definition) is 4. The van der Waals surface area contributed by atoms with E-state index in [1.807, 2.05) is 27.8 Å². The van der Waals surface area contributed by atoms with Gasteiger partial charge in [0.25, 0.3) is 0 Å². The van der Waals surface area contributed by atoms with Crippen LogP contribution in [0.25, 0.3) is 0 Å². The lowest BCUT2D eigenvalue weighted by Gasteiger charge is -2.26. The normalized spacial score (nSPS) is 24.8. The Labute approximate surface area is 169 Å². The SMILES string of the molecule is CN=C(NCC1CCCN1C)N1CCC(NC(=O)OC(C)(C)C)C1.I. The number of aliphatic imine (C=N–C) groups is 1. The van der Waals surface area contributed by atoms with E-state index in [0.29, 0.717) is 6.04 Å². The summed E-state index contributed by atoms with van der Waals surface area (Å²) in [6.45, 7) is 9.37. The number of halogens is 1. The fraction of sp³-hybridized carbons (Fsp3) is 0.882. The van der Waals surface area contributed by atoms with Gasteiger partial charge in [-0.05, 0) is 53.6 Å². The van der Waals surface area contributed by atoms with Crippen LogP contribution in [0.2, 0.25) is 0 Å². The van der Waals surface area contributed by atoms with Crippen molar-refractivity contribution in [3.05, 3.63) is 0 Å². The Hall–Kier alpha value is -0.770. The van der Waals surface area contributed by atoms with E-state index in [2.05, 4.69) is 32.5 Å². The molecule has 2 rings (SSSR count). The highest BCUT2D eigenvalue weighted by Crippen LogP contribution is 2.15. The number of hydrogen-bond donors (Lipinski definition) is 2. The molecular formula is C17H34IN5O2. The monoisotopic (exact) mass is 467 g/mol. The van der Waals surface area contributed by atoms with Gasteiger partial charge >= 0.3 is 6.09 Å². The summed E-state index contributed by atoms with van der Waals surface area (Å²) in [5, 5.41) is 6.44. The molecule has 0 spiro atoms. The van der Waals surface area contributed by atoms with Crippen LogP contribution in [0.15, 0.2) is 4.99 Å². The van der Waals surface area contributed by atoms with Gasteiger partial charge in [0.2, 0.25) is 0 Å². The lowest BCUT2D eigenvalue weighted by Crippen LogP contribution is -2.47. The van der Waals surface area contributed by atoms with Crippen LogP contribution < -0.4 is 10.6 Å². The molecule has 0 radical (unpaired) electrons. The van der Waals surface area contributed by atoms with Crippen molar-refractivity contribution < 1.29 is 9.53 Å². The minimum atomic E-state index is -0.465. The highest BCUT2D eigenvalue weighted by molar-refractivity contribution is 14.0. The average molecular weight is 467 g/mol. The molecule has 25 heavy (non-hydrogen) atoms. The van der Waals surface area contributed by atoms with E-state index in [4.69, 9.17) is 4.74 Å². The zero-order valence-corrected chi connectivity index (χ0v) is 18.5. The van der Waals surface area contributed by atoms with E-state index in [-0.39, 0.29) is 36.1 Å². The number of alkyl carbamates (subject to hydrolysis) is 1. The summed E-state index contributed by atoms with van der Waals surface area (Å²) in [5.74, 6) is 0.920. The summed E-state index contributed by atoms with van der Waals surface area (Å²) >= 11 is 0. The van der Waals surface area contributed by atoms with Crippen molar-refractivity contribution in [2.24, 2.45) is 4.99 Å². The molecule has 0 bridgehead atoms. The van der Waals surface area contributed by atoms with Gasteiger partial charge in [-0.25, -0.2) is 4.79 Å². The second-order valence-corrected chi connectivity index (χ2v) is 7.78. The zero-order chi connectivity index (χ0) is 17.7. The summed E-state index contributed by atoms with van der Waals surface area (Å²) in [5.41, 5.74) is -0.465. The van der Waals surface area contributed by atoms with Crippen molar-refractivity contribution in [1.82, 2.24) is 20.4 Å². The Bertz CT molecular complexity index is 466. The fourth-order valence-electron chi connectivity index (χ4n) is 3.32. The van der Waals surface area contributed by atoms with Gasteiger partial charge in [-0.2, -0.15) is 0 Å². The molecule has 0 aliphatic carbocycles. The average Bonchev–Trinajstić information content (AvgIpc) is 3.07. The van der Waals surface area contributed by atoms with E-state index in [9.17, 15) is 4.79 Å². The molecule has 0 aromatic heterocycles. The smallest absolute Gasteiger partial charge is 0.407 e. The van der Waals surface area contributed by atoms with Gasteiger partial charge in [0, 0.05) is 32.7 Å². The molecule has 146 valence electrons. The Morgan fingerprint density at radius 3 is 2.56 bits per heavy atom. The molecule has 0 aromatic rings. The molecule has 2 fully saturated rings. The van der Waals surface area contributed by atoms with Gasteiger partial charge in [-0.3, -0.25) is 4.99 Å². The van der Waals surface area contributed by atoms with Crippen LogP contribution in [0, 0.1) is 0 Å². The van der Waals surface area contributed by atoms with Crippen LogP contribution in [0.5, 0.6) is 0 Å². The second-order valence-electron chi connectivity index (χ2n) is 7.78. The first-order chi connectivity index (χ1) is 11.3. The van der Waals surface area contributed by atoms with E-state index in [0.717, 1.165) is 32.0 Å². The van der Waals surface area contributed by atoms with Gasteiger partial charge in [0.05, 0.1) is 6.04 Å². The third-order valence-corrected chi connectivity index (χ3v) is 4.59. The van der Waals surface area contributed by atoms with E-state index >= 15 is 0 Å². The van der Waals surface area contributed by atoms with Crippen molar-refractivity contribution in [2.45, 2.75) is 57.7 Å². The number of carbonyl (C=O) groups excluding carboxylic acids is 1. The highest BCUT2D eigenvalue weighted by Gasteiger charge is 2.28. The van der Waals surface area contributed by atoms with Crippen LogP contribution in [0.4, 0.5) is 4.79 Å². The number of rotatable bonds is 3. The third-order valence-electron chi connectivity index (χ3n) is 4.59. The van der Waals surface area contributed by atoms with Crippen molar-refractivity contribution in [1.29, 1.82) is 0 Å². The van der Waals surface area contributed by atoms with Gasteiger partial charge in [-0.1, -0.05) is 0 Å². The first-order valence-corrected chi connectivity index (χ1v) is 8.94. The first-order valence-electron chi connectivity index (χ1n) is 8.94. The number of nitrogens with one attached hydrogen (secondary N) is 2. The molecule has 2 saturated heterocycles. The van der Waals surface area contributed by atoms with Crippen LogP contribution >= 0.6 is 24.0 Å². The lowest BCUT2D eigenvalue weighted by molar-refractivity contribution is 0.0507. The van der Waals surface area contributed by atoms with Crippen LogP contribution in [-0.4, -0.2) is 79.8 Å². The summed E-state index contributed by atoms with van der Waals surface area (Å²) < 4.78 is 5.33. The van der Waals surface area contributed by atoms with Crippen LogP contribution in [-0.2, 0) is 4.74 Å². The van der Waals surface area contributed by atoms with Crippen molar-refractivity contribution in [2.75, 3.05) is 40.3 Å². The number of amides is 1. The topological polar surface area (TPSA) is 69.2 Å². The molecule has 2 N–H and O–H groups in total. The number of carbonyl (C=O) groups is 1. The predicted molar refractivity (Wildman–Crippen MR) is 112 cm³/mol. The second kappa shape index (κ2) is 9.80. The molecule has 2 heterocycles. The van der Waals surface area contributed by atoms with Crippen molar-refractivity contribution in [3.8, 4) is 0 Å². The Balaban J connectivity index is 0.00000312. The quantitative estimate of drug-likeness (QED) is 0.377. The number of likely N-dealkylation sites (tertiary alicyclic amines) is 2. The molecular weight excluding hydrogens is 433 g/mol. The van der Waals surface area contributed by atoms with E-state index in [1.165, 1.54) is 19.4 Å². The molecule has 2 unspecified atom stereocenters. The highest BCUT2D eigenvalue weighted by atomic mass is 127. The number of guanidine groups is 1. The maximum Gasteiger partial charge on any atom is 0.407 e. The molecule has 2 aliphatic rings. The standard InChI is InChI=1S/C17H33N5O2.HI/c1-17(2,3)24-16(23)20-13-8-10-22(12-13)15(18-4)19-11-14-7-6-9-21(14)5;/h13-14H,6-12H2,1-5H3,(H,18,19)(H,20,23);1H. The Morgan fingerprint density at radius 1 is 1.28 bits per heavy atom. The van der Waals surface area contributed by atoms with E-state index < -0.39 is 5.60 Å². The Morgan fingerprint density at radius 2 is 2.00 bits per heavy atom. The molecule has 2 atom stereocenters. The molecule has 0 saturated carbocycles. The lowest BCUT2D eigenvalue weighted by atomic mass is 10.2. The Kier molecular flexibility index (Phi) is 8.73. The summed E-state index contributed by atoms with van der Waals surface area (Å²) in [4.78, 5) is 20.9. The summed E-state index contributed by atoms with van der Waals surface area (Å²) in [7, 11) is 3.99.